The molecule has 0 aliphatic rings. The molecule has 9 heteroatoms. The number of carbonyl (C=O) groups is 1. The monoisotopic (exact) mass is 223 g/mol. The molecular formula is C6H8F3N5O. The van der Waals surface area contributed by atoms with Crippen molar-refractivity contribution >= 4 is 11.9 Å². The Morgan fingerprint density at radius 1 is 1.60 bits per heavy atom. The highest BCUT2D eigenvalue weighted by Gasteiger charge is 2.35. The highest BCUT2D eigenvalue weighted by molar-refractivity contribution is 5.92. The van der Waals surface area contributed by atoms with Gasteiger partial charge in [0.15, 0.2) is 0 Å². The van der Waals surface area contributed by atoms with E-state index in [1.165, 1.54) is 6.92 Å². The molecule has 1 aromatic rings. The number of carbonyl (C=O) groups excluding carboxylic acids is 1. The molecule has 15 heavy (non-hydrogen) atoms. The Kier molecular flexibility index (Phi) is 2.93. The summed E-state index contributed by atoms with van der Waals surface area (Å²) in [5, 5.41) is 6.83. The lowest BCUT2D eigenvalue weighted by Crippen LogP contribution is -2.32. The first-order chi connectivity index (χ1) is 6.80. The topological polar surface area (TPSA) is 96.7 Å². The minimum atomic E-state index is -4.62. The number of aromatic nitrogens is 3. The number of hydrogen-bond acceptors (Lipinski definition) is 4. The van der Waals surface area contributed by atoms with Crippen LogP contribution in [-0.4, -0.2) is 27.1 Å². The first-order valence-corrected chi connectivity index (χ1v) is 3.86. The molecule has 1 atom stereocenters. The third-order valence-electron chi connectivity index (χ3n) is 1.40. The average Bonchev–Trinajstić information content (AvgIpc) is 2.51. The number of anilines is 1. The van der Waals surface area contributed by atoms with Gasteiger partial charge in [-0.1, -0.05) is 0 Å². The second-order valence-electron chi connectivity index (χ2n) is 2.78. The van der Waals surface area contributed by atoms with Gasteiger partial charge in [0.1, 0.15) is 0 Å². The van der Waals surface area contributed by atoms with E-state index in [1.807, 2.05) is 5.32 Å². The molecule has 4 N–H and O–H groups in total. The van der Waals surface area contributed by atoms with Crippen LogP contribution in [0.2, 0.25) is 0 Å². The van der Waals surface area contributed by atoms with Crippen LogP contribution in [-0.2, 0) is 11.0 Å². The summed E-state index contributed by atoms with van der Waals surface area (Å²) in [4.78, 5) is 14.0. The molecule has 0 spiro atoms. The Labute approximate surface area is 82.1 Å². The van der Waals surface area contributed by atoms with Crippen molar-refractivity contribution in [2.45, 2.75) is 19.1 Å². The number of aromatic amines is 1. The maximum atomic E-state index is 12.0. The van der Waals surface area contributed by atoms with Crippen molar-refractivity contribution in [2.24, 2.45) is 5.73 Å². The van der Waals surface area contributed by atoms with Gasteiger partial charge in [0.05, 0.1) is 6.04 Å². The summed E-state index contributed by atoms with van der Waals surface area (Å²) in [6, 6.07) is -0.849. The fourth-order valence-electron chi connectivity index (χ4n) is 0.669. The van der Waals surface area contributed by atoms with Crippen LogP contribution in [0.4, 0.5) is 19.1 Å². The Hall–Kier alpha value is -1.64. The molecule has 0 saturated heterocycles. The Balaban J connectivity index is 2.73. The van der Waals surface area contributed by atoms with Crippen molar-refractivity contribution in [3.05, 3.63) is 5.82 Å². The van der Waals surface area contributed by atoms with Crippen LogP contribution < -0.4 is 11.1 Å². The van der Waals surface area contributed by atoms with E-state index in [4.69, 9.17) is 5.73 Å². The zero-order valence-corrected chi connectivity index (χ0v) is 7.59. The summed E-state index contributed by atoms with van der Waals surface area (Å²) < 4.78 is 36.1. The van der Waals surface area contributed by atoms with Crippen LogP contribution in [0.5, 0.6) is 0 Å². The quantitative estimate of drug-likeness (QED) is 0.662. The number of halogens is 3. The minimum absolute atomic E-state index is 0.454. The van der Waals surface area contributed by atoms with Crippen LogP contribution >= 0.6 is 0 Å². The molecule has 1 rings (SSSR count). The van der Waals surface area contributed by atoms with Gasteiger partial charge in [-0.3, -0.25) is 15.2 Å². The van der Waals surface area contributed by atoms with Gasteiger partial charge in [0.25, 0.3) is 0 Å². The Morgan fingerprint density at radius 2 is 2.20 bits per heavy atom. The predicted molar refractivity (Wildman–Crippen MR) is 43.7 cm³/mol. The van der Waals surface area contributed by atoms with Gasteiger partial charge in [0.2, 0.25) is 17.7 Å². The Morgan fingerprint density at radius 3 is 2.60 bits per heavy atom. The van der Waals surface area contributed by atoms with E-state index in [-0.39, 0.29) is 0 Å². The second kappa shape index (κ2) is 3.85. The summed E-state index contributed by atoms with van der Waals surface area (Å²) in [6.07, 6.45) is -4.62. The van der Waals surface area contributed by atoms with E-state index in [2.05, 4.69) is 10.1 Å². The number of rotatable bonds is 2. The van der Waals surface area contributed by atoms with Crippen LogP contribution in [0.1, 0.15) is 12.7 Å². The third kappa shape index (κ3) is 2.91. The smallest absolute Gasteiger partial charge is 0.320 e. The van der Waals surface area contributed by atoms with Crippen molar-refractivity contribution < 1.29 is 18.0 Å². The molecule has 1 unspecified atom stereocenters. The summed E-state index contributed by atoms with van der Waals surface area (Å²) >= 11 is 0. The number of amides is 1. The standard InChI is InChI=1S/C6H8F3N5O/c1-2(10)3(15)11-5-12-4(13-14-5)6(7,8)9/h2H,10H2,1H3,(H2,11,12,13,14,15). The molecular weight excluding hydrogens is 215 g/mol. The van der Waals surface area contributed by atoms with Gasteiger partial charge in [0, 0.05) is 0 Å². The highest BCUT2D eigenvalue weighted by Crippen LogP contribution is 2.26. The maximum Gasteiger partial charge on any atom is 0.451 e. The van der Waals surface area contributed by atoms with E-state index >= 15 is 0 Å². The minimum Gasteiger partial charge on any atom is -0.320 e. The zero-order chi connectivity index (χ0) is 11.6. The number of alkyl halides is 3. The molecule has 1 aromatic heterocycles. The van der Waals surface area contributed by atoms with Crippen molar-refractivity contribution in [1.29, 1.82) is 0 Å². The van der Waals surface area contributed by atoms with Crippen molar-refractivity contribution in [2.75, 3.05) is 5.32 Å². The molecule has 0 saturated carbocycles. The van der Waals surface area contributed by atoms with Gasteiger partial charge in [-0.25, -0.2) is 0 Å². The summed E-state index contributed by atoms with van der Waals surface area (Å²) in [5.41, 5.74) is 5.18. The molecule has 0 radical (unpaired) electrons. The maximum absolute atomic E-state index is 12.0. The fraction of sp³-hybridized carbons (Fsp3) is 0.500. The first kappa shape index (κ1) is 11.4. The molecule has 0 fully saturated rings. The van der Waals surface area contributed by atoms with Crippen molar-refractivity contribution in [3.63, 3.8) is 0 Å². The molecule has 0 bridgehead atoms. The molecule has 84 valence electrons. The third-order valence-corrected chi connectivity index (χ3v) is 1.40. The van der Waals surface area contributed by atoms with Gasteiger partial charge in [-0.2, -0.15) is 18.2 Å². The van der Waals surface area contributed by atoms with Crippen LogP contribution in [0, 0.1) is 0 Å². The lowest BCUT2D eigenvalue weighted by Gasteiger charge is -2.02. The molecule has 0 aliphatic heterocycles. The van der Waals surface area contributed by atoms with E-state index in [1.54, 1.807) is 5.10 Å². The number of H-pyrrole nitrogens is 1. The normalized spacial score (nSPS) is 13.7. The average molecular weight is 223 g/mol. The van der Waals surface area contributed by atoms with E-state index in [0.29, 0.717) is 0 Å². The van der Waals surface area contributed by atoms with Gasteiger partial charge >= 0.3 is 6.18 Å². The van der Waals surface area contributed by atoms with Crippen molar-refractivity contribution in [1.82, 2.24) is 15.2 Å². The van der Waals surface area contributed by atoms with E-state index < -0.39 is 29.9 Å². The largest absolute Gasteiger partial charge is 0.451 e. The van der Waals surface area contributed by atoms with Crippen molar-refractivity contribution in [3.8, 4) is 0 Å². The lowest BCUT2D eigenvalue weighted by atomic mass is 10.3. The Bertz CT molecular complexity index is 358. The van der Waals surface area contributed by atoms with E-state index in [0.717, 1.165) is 0 Å². The number of hydrogen-bond donors (Lipinski definition) is 3. The summed E-state index contributed by atoms with van der Waals surface area (Å²) in [5.74, 6) is -2.39. The zero-order valence-electron chi connectivity index (χ0n) is 7.59. The molecule has 0 aliphatic carbocycles. The lowest BCUT2D eigenvalue weighted by molar-refractivity contribution is -0.144. The molecule has 6 nitrogen and oxygen atoms in total. The van der Waals surface area contributed by atoms with Crippen LogP contribution in [0.3, 0.4) is 0 Å². The fourth-order valence-corrected chi connectivity index (χ4v) is 0.669. The number of nitrogens with two attached hydrogens (primary N) is 1. The van der Waals surface area contributed by atoms with Gasteiger partial charge in [-0.05, 0) is 6.92 Å². The van der Waals surface area contributed by atoms with Gasteiger partial charge in [-0.15, -0.1) is 5.10 Å². The van der Waals surface area contributed by atoms with Crippen LogP contribution in [0.25, 0.3) is 0 Å². The summed E-state index contributed by atoms with van der Waals surface area (Å²) in [6.45, 7) is 1.38. The predicted octanol–water partition coefficient (Wildman–Crippen LogP) is 0.109. The molecule has 1 amide bonds. The first-order valence-electron chi connectivity index (χ1n) is 3.86. The second-order valence-corrected chi connectivity index (χ2v) is 2.78. The number of nitrogens with zero attached hydrogens (tertiary/aromatic N) is 2. The summed E-state index contributed by atoms with van der Waals surface area (Å²) in [7, 11) is 0. The molecule has 0 aromatic carbocycles. The van der Waals surface area contributed by atoms with E-state index in [9.17, 15) is 18.0 Å². The number of nitrogens with one attached hydrogen (secondary N) is 2. The molecule has 1 heterocycles. The van der Waals surface area contributed by atoms with Gasteiger partial charge < -0.3 is 5.73 Å². The van der Waals surface area contributed by atoms with Crippen LogP contribution in [0.15, 0.2) is 0 Å². The SMILES string of the molecule is CC(N)C(=O)Nc1n[nH]c(C(F)(F)F)n1. The highest BCUT2D eigenvalue weighted by atomic mass is 19.4.